The largest absolute Gasteiger partial charge is 0.478 e. The van der Waals surface area contributed by atoms with E-state index in [9.17, 15) is 9.59 Å². The first-order valence-corrected chi connectivity index (χ1v) is 9.25. The highest BCUT2D eigenvalue weighted by Gasteiger charge is 2.19. The number of nitrogens with one attached hydrogen (secondary N) is 1. The summed E-state index contributed by atoms with van der Waals surface area (Å²) >= 11 is 0. The number of nitrogens with zero attached hydrogens (tertiary/aromatic N) is 1. The molecule has 0 atom stereocenters. The fraction of sp³-hybridized carbons (Fsp3) is 0.227. The third-order valence-corrected chi connectivity index (χ3v) is 5.03. The Morgan fingerprint density at radius 1 is 1.14 bits per heavy atom. The van der Waals surface area contributed by atoms with Crippen LogP contribution in [0.25, 0.3) is 11.1 Å². The summed E-state index contributed by atoms with van der Waals surface area (Å²) in [5, 5.41) is 8.94. The molecule has 0 bridgehead atoms. The number of benzene rings is 1. The van der Waals surface area contributed by atoms with Gasteiger partial charge < -0.3 is 14.8 Å². The normalized spacial score (nSPS) is 13.0. The Morgan fingerprint density at radius 3 is 2.57 bits per heavy atom. The Labute approximate surface area is 163 Å². The van der Waals surface area contributed by atoms with Gasteiger partial charge in [-0.15, -0.1) is 0 Å². The smallest absolute Gasteiger partial charge is 0.335 e. The lowest BCUT2D eigenvalue weighted by Crippen LogP contribution is -2.21. The van der Waals surface area contributed by atoms with Gasteiger partial charge >= 0.3 is 5.97 Å². The number of aromatic nitrogens is 2. The molecule has 2 heterocycles. The number of fused-ring (bicyclic) bond motifs is 1. The van der Waals surface area contributed by atoms with Crippen molar-refractivity contribution in [3.8, 4) is 22.8 Å². The van der Waals surface area contributed by atoms with Crippen molar-refractivity contribution in [2.24, 2.45) is 0 Å². The Balaban J connectivity index is 0.00000240. The highest BCUT2D eigenvalue weighted by atomic mass is 16.5. The van der Waals surface area contributed by atoms with Gasteiger partial charge in [0.25, 0.3) is 0 Å². The number of pyridine rings is 2. The number of H-pyrrole nitrogens is 1. The molecule has 1 aliphatic carbocycles. The van der Waals surface area contributed by atoms with Crippen molar-refractivity contribution in [1.82, 2.24) is 9.97 Å². The minimum absolute atomic E-state index is 0. The molecule has 0 radical (unpaired) electrons. The Morgan fingerprint density at radius 2 is 1.89 bits per heavy atom. The highest BCUT2D eigenvalue weighted by Crippen LogP contribution is 2.26. The molecular weight excluding hydrogens is 356 g/mol. The number of ether oxygens (including phenoxy) is 1. The van der Waals surface area contributed by atoms with E-state index in [4.69, 9.17) is 9.84 Å². The topological polar surface area (TPSA) is 92.3 Å². The lowest BCUT2D eigenvalue weighted by atomic mass is 9.92. The van der Waals surface area contributed by atoms with E-state index in [1.54, 1.807) is 24.4 Å². The van der Waals surface area contributed by atoms with Crippen LogP contribution in [0.4, 0.5) is 0 Å². The van der Waals surface area contributed by atoms with E-state index in [-0.39, 0.29) is 12.4 Å². The van der Waals surface area contributed by atoms with E-state index in [0.717, 1.165) is 48.2 Å². The first kappa shape index (κ1) is 18.0. The van der Waals surface area contributed by atoms with E-state index in [0.29, 0.717) is 17.2 Å². The second-order valence-electron chi connectivity index (χ2n) is 6.94. The van der Waals surface area contributed by atoms with E-state index >= 15 is 0 Å². The maximum Gasteiger partial charge on any atom is 0.335 e. The van der Waals surface area contributed by atoms with Crippen LogP contribution in [0, 0.1) is 6.92 Å². The van der Waals surface area contributed by atoms with Crippen LogP contribution < -0.4 is 10.2 Å². The zero-order valence-electron chi connectivity index (χ0n) is 15.5. The summed E-state index contributed by atoms with van der Waals surface area (Å²) in [6, 6.07) is 9.64. The summed E-state index contributed by atoms with van der Waals surface area (Å²) in [6.45, 7) is 1.92. The lowest BCUT2D eigenvalue weighted by Gasteiger charge is -2.18. The first-order chi connectivity index (χ1) is 13.5. The molecule has 0 spiro atoms. The van der Waals surface area contributed by atoms with Gasteiger partial charge in [0.15, 0.2) is 5.43 Å². The summed E-state index contributed by atoms with van der Waals surface area (Å²) in [6.07, 6.45) is 5.54. The third-order valence-electron chi connectivity index (χ3n) is 5.03. The fourth-order valence-corrected chi connectivity index (χ4v) is 3.63. The van der Waals surface area contributed by atoms with Gasteiger partial charge in [-0.25, -0.2) is 9.78 Å². The Bertz CT molecular complexity index is 1090. The number of carbonyl (C=O) groups is 1. The molecule has 6 nitrogen and oxygen atoms in total. The zero-order chi connectivity index (χ0) is 19.7. The molecule has 2 N–H and O–H groups in total. The molecule has 3 aromatic rings. The second kappa shape index (κ2) is 7.31. The predicted octanol–water partition coefficient (Wildman–Crippen LogP) is 4.36. The SMILES string of the molecule is Cc1[nH]c2c(c(=O)c1-c1ccc(Oc3ccc(C(=O)O)cc3)nc1)CCCC2.[HH]. The van der Waals surface area contributed by atoms with Gasteiger partial charge in [0, 0.05) is 41.8 Å². The second-order valence-corrected chi connectivity index (χ2v) is 6.94. The van der Waals surface area contributed by atoms with Crippen LogP contribution >= 0.6 is 0 Å². The fourth-order valence-electron chi connectivity index (χ4n) is 3.63. The number of aromatic carboxylic acids is 1. The molecule has 0 saturated carbocycles. The minimum atomic E-state index is -0.986. The first-order valence-electron chi connectivity index (χ1n) is 9.25. The number of aryl methyl sites for hydroxylation is 2. The molecule has 0 unspecified atom stereocenters. The quantitative estimate of drug-likeness (QED) is 0.704. The number of rotatable bonds is 4. The molecule has 1 aliphatic rings. The van der Waals surface area contributed by atoms with Gasteiger partial charge in [0.1, 0.15) is 5.75 Å². The van der Waals surface area contributed by atoms with Gasteiger partial charge in [-0.1, -0.05) is 0 Å². The van der Waals surface area contributed by atoms with Gasteiger partial charge in [0.2, 0.25) is 5.88 Å². The summed E-state index contributed by atoms with van der Waals surface area (Å²) in [7, 11) is 0. The Hall–Kier alpha value is -3.41. The van der Waals surface area contributed by atoms with Gasteiger partial charge in [-0.3, -0.25) is 4.79 Å². The van der Waals surface area contributed by atoms with Gasteiger partial charge in [-0.05, 0) is 62.9 Å². The molecule has 0 fully saturated rings. The molecule has 0 amide bonds. The van der Waals surface area contributed by atoms with Crippen LogP contribution in [0.1, 0.15) is 41.6 Å². The lowest BCUT2D eigenvalue weighted by molar-refractivity contribution is 0.0697. The molecule has 144 valence electrons. The number of aromatic amines is 1. The van der Waals surface area contributed by atoms with Crippen molar-refractivity contribution in [2.45, 2.75) is 32.6 Å². The molecule has 0 saturated heterocycles. The molecular formula is C22H22N2O4. The monoisotopic (exact) mass is 378 g/mol. The molecule has 2 aromatic heterocycles. The van der Waals surface area contributed by atoms with Crippen molar-refractivity contribution >= 4 is 5.97 Å². The molecule has 6 heteroatoms. The van der Waals surface area contributed by atoms with E-state index < -0.39 is 5.97 Å². The summed E-state index contributed by atoms with van der Waals surface area (Å²) < 4.78 is 5.66. The van der Waals surface area contributed by atoms with Crippen LogP contribution in [0.15, 0.2) is 47.4 Å². The van der Waals surface area contributed by atoms with Crippen LogP contribution in [0.5, 0.6) is 11.6 Å². The maximum absolute atomic E-state index is 13.0. The average Bonchev–Trinajstić information content (AvgIpc) is 2.70. The summed E-state index contributed by atoms with van der Waals surface area (Å²) in [5.41, 5.74) is 4.50. The van der Waals surface area contributed by atoms with E-state index in [2.05, 4.69) is 9.97 Å². The molecule has 1 aromatic carbocycles. The van der Waals surface area contributed by atoms with E-state index in [1.807, 2.05) is 13.0 Å². The zero-order valence-corrected chi connectivity index (χ0v) is 15.5. The standard InChI is InChI=1S/C22H20N2O4.H2/c1-13-20(21(25)17-4-2-3-5-18(17)24-13)15-8-11-19(23-12-15)28-16-9-6-14(7-10-16)22(26)27;/h6-12H,2-5H2,1H3,(H,24,25)(H,26,27);1H. The average molecular weight is 378 g/mol. The maximum atomic E-state index is 13.0. The van der Waals surface area contributed by atoms with Crippen LogP contribution in [-0.4, -0.2) is 21.0 Å². The number of carboxylic acids is 1. The minimum Gasteiger partial charge on any atom is -0.478 e. The number of hydrogen-bond donors (Lipinski definition) is 2. The highest BCUT2D eigenvalue weighted by molar-refractivity contribution is 5.87. The van der Waals surface area contributed by atoms with Crippen molar-refractivity contribution in [3.63, 3.8) is 0 Å². The van der Waals surface area contributed by atoms with Crippen molar-refractivity contribution in [1.29, 1.82) is 0 Å². The number of hydrogen-bond acceptors (Lipinski definition) is 4. The van der Waals surface area contributed by atoms with Crippen LogP contribution in [0.3, 0.4) is 0 Å². The summed E-state index contributed by atoms with van der Waals surface area (Å²) in [5.74, 6) is -0.119. The van der Waals surface area contributed by atoms with Crippen molar-refractivity contribution < 1.29 is 16.1 Å². The van der Waals surface area contributed by atoms with Crippen LogP contribution in [0.2, 0.25) is 0 Å². The number of carboxylic acid groups (broad SMARTS) is 1. The van der Waals surface area contributed by atoms with Crippen molar-refractivity contribution in [3.05, 3.63) is 75.3 Å². The third kappa shape index (κ3) is 3.41. The van der Waals surface area contributed by atoms with Gasteiger partial charge in [-0.2, -0.15) is 0 Å². The molecule has 0 aliphatic heterocycles. The van der Waals surface area contributed by atoms with Gasteiger partial charge in [0.05, 0.1) is 5.56 Å². The molecule has 4 rings (SSSR count). The summed E-state index contributed by atoms with van der Waals surface area (Å²) in [4.78, 5) is 31.6. The van der Waals surface area contributed by atoms with Crippen LogP contribution in [-0.2, 0) is 12.8 Å². The van der Waals surface area contributed by atoms with Crippen molar-refractivity contribution in [2.75, 3.05) is 0 Å². The predicted molar refractivity (Wildman–Crippen MR) is 107 cm³/mol. The van der Waals surface area contributed by atoms with E-state index in [1.165, 1.54) is 12.1 Å². The Kier molecular flexibility index (Phi) is 4.69. The molecule has 28 heavy (non-hydrogen) atoms.